The van der Waals surface area contributed by atoms with E-state index < -0.39 is 0 Å². The Kier molecular flexibility index (Phi) is 2.89. The number of rotatable bonds is 2. The Morgan fingerprint density at radius 1 is 1.16 bits per heavy atom. The number of nitrogens with one attached hydrogen (secondary N) is 1. The summed E-state index contributed by atoms with van der Waals surface area (Å²) in [5.74, 6) is -0.288. The summed E-state index contributed by atoms with van der Waals surface area (Å²) in [4.78, 5) is 16.3. The highest BCUT2D eigenvalue weighted by Gasteiger charge is 2.12. The molecular formula is C13H9ClN4O. The van der Waals surface area contributed by atoms with E-state index in [1.54, 1.807) is 48.8 Å². The number of aromatic nitrogens is 3. The highest BCUT2D eigenvalue weighted by atomic mass is 35.5. The molecule has 0 radical (unpaired) electrons. The number of halogens is 1. The minimum Gasteiger partial charge on any atom is -0.319 e. The molecule has 0 aliphatic heterocycles. The van der Waals surface area contributed by atoms with E-state index in [-0.39, 0.29) is 5.91 Å². The molecule has 19 heavy (non-hydrogen) atoms. The molecule has 0 saturated carbocycles. The van der Waals surface area contributed by atoms with Crippen LogP contribution in [0.3, 0.4) is 0 Å². The summed E-state index contributed by atoms with van der Waals surface area (Å²) in [5, 5.41) is 7.30. The van der Waals surface area contributed by atoms with Crippen LogP contribution in [-0.4, -0.2) is 20.5 Å². The topological polar surface area (TPSA) is 59.3 Å². The van der Waals surface area contributed by atoms with Crippen LogP contribution in [0, 0.1) is 0 Å². The zero-order valence-electron chi connectivity index (χ0n) is 9.75. The molecule has 3 rings (SSSR count). The van der Waals surface area contributed by atoms with Crippen molar-refractivity contribution in [2.75, 3.05) is 5.32 Å². The van der Waals surface area contributed by atoms with Gasteiger partial charge in [0.1, 0.15) is 5.69 Å². The highest BCUT2D eigenvalue weighted by molar-refractivity contribution is 6.33. The molecule has 0 fully saturated rings. The van der Waals surface area contributed by atoms with E-state index in [9.17, 15) is 4.79 Å². The van der Waals surface area contributed by atoms with E-state index >= 15 is 0 Å². The maximum Gasteiger partial charge on any atom is 0.274 e. The normalized spacial score (nSPS) is 10.6. The molecule has 6 heteroatoms. The smallest absolute Gasteiger partial charge is 0.274 e. The van der Waals surface area contributed by atoms with Gasteiger partial charge in [0.25, 0.3) is 5.91 Å². The van der Waals surface area contributed by atoms with E-state index in [1.807, 2.05) is 0 Å². The molecule has 5 nitrogen and oxygen atoms in total. The summed E-state index contributed by atoms with van der Waals surface area (Å²) in [5.41, 5.74) is 1.58. The van der Waals surface area contributed by atoms with Crippen LogP contribution in [0.4, 0.5) is 5.69 Å². The third-order valence-electron chi connectivity index (χ3n) is 2.64. The second-order valence-corrected chi connectivity index (χ2v) is 4.27. The van der Waals surface area contributed by atoms with Gasteiger partial charge in [-0.1, -0.05) is 23.7 Å². The number of anilines is 1. The van der Waals surface area contributed by atoms with E-state index in [1.165, 1.54) is 4.52 Å². The van der Waals surface area contributed by atoms with Crippen molar-refractivity contribution in [2.45, 2.75) is 0 Å². The van der Waals surface area contributed by atoms with Gasteiger partial charge in [-0.3, -0.25) is 4.79 Å². The maximum atomic E-state index is 12.2. The van der Waals surface area contributed by atoms with Gasteiger partial charge in [-0.25, -0.2) is 9.50 Å². The van der Waals surface area contributed by atoms with Crippen molar-refractivity contribution < 1.29 is 4.79 Å². The number of benzene rings is 1. The monoisotopic (exact) mass is 272 g/mol. The van der Waals surface area contributed by atoms with Crippen LogP contribution in [0.15, 0.2) is 48.8 Å². The quantitative estimate of drug-likeness (QED) is 0.780. The lowest BCUT2D eigenvalue weighted by Gasteiger charge is -2.07. The first-order valence-electron chi connectivity index (χ1n) is 5.60. The molecule has 0 aliphatic carbocycles. The molecule has 0 saturated heterocycles. The second kappa shape index (κ2) is 4.70. The average molecular weight is 273 g/mol. The van der Waals surface area contributed by atoms with Crippen molar-refractivity contribution in [2.24, 2.45) is 0 Å². The molecule has 1 aromatic carbocycles. The fourth-order valence-corrected chi connectivity index (χ4v) is 1.94. The van der Waals surface area contributed by atoms with Crippen LogP contribution in [0.5, 0.6) is 0 Å². The number of carbonyl (C=O) groups is 1. The lowest BCUT2D eigenvalue weighted by molar-refractivity contribution is 0.102. The minimum atomic E-state index is -0.288. The number of fused-ring (bicyclic) bond motifs is 1. The number of hydrogen-bond donors (Lipinski definition) is 1. The van der Waals surface area contributed by atoms with Gasteiger partial charge in [-0.2, -0.15) is 5.10 Å². The summed E-state index contributed by atoms with van der Waals surface area (Å²) < 4.78 is 1.48. The fourth-order valence-electron chi connectivity index (χ4n) is 1.76. The van der Waals surface area contributed by atoms with Crippen molar-refractivity contribution >= 4 is 28.8 Å². The first kappa shape index (κ1) is 11.7. The van der Waals surface area contributed by atoms with Crippen molar-refractivity contribution in [3.05, 3.63) is 59.5 Å². The molecule has 0 spiro atoms. The largest absolute Gasteiger partial charge is 0.319 e. The first-order chi connectivity index (χ1) is 9.25. The number of para-hydroxylation sites is 1. The zero-order valence-corrected chi connectivity index (χ0v) is 10.5. The Hall–Kier alpha value is -2.40. The van der Waals surface area contributed by atoms with Crippen molar-refractivity contribution in [3.63, 3.8) is 0 Å². The SMILES string of the molecule is O=C(Nc1ccccc1Cl)c1ccnc2ccnn12. The molecule has 0 aliphatic rings. The summed E-state index contributed by atoms with van der Waals surface area (Å²) in [6.45, 7) is 0. The van der Waals surface area contributed by atoms with Gasteiger partial charge in [0.2, 0.25) is 0 Å². The molecule has 1 N–H and O–H groups in total. The fraction of sp³-hybridized carbons (Fsp3) is 0. The molecule has 94 valence electrons. The van der Waals surface area contributed by atoms with Crippen molar-refractivity contribution in [3.8, 4) is 0 Å². The number of amides is 1. The van der Waals surface area contributed by atoms with Crippen LogP contribution in [0.1, 0.15) is 10.5 Å². The Morgan fingerprint density at radius 3 is 2.84 bits per heavy atom. The Labute approximate surface area is 113 Å². The maximum absolute atomic E-state index is 12.2. The summed E-state index contributed by atoms with van der Waals surface area (Å²) in [6, 6.07) is 10.4. The van der Waals surface area contributed by atoms with E-state index in [4.69, 9.17) is 11.6 Å². The van der Waals surface area contributed by atoms with Crippen LogP contribution in [-0.2, 0) is 0 Å². The molecular weight excluding hydrogens is 264 g/mol. The molecule has 0 atom stereocenters. The van der Waals surface area contributed by atoms with Gasteiger partial charge in [0, 0.05) is 12.3 Å². The Morgan fingerprint density at radius 2 is 2.00 bits per heavy atom. The van der Waals surface area contributed by atoms with Gasteiger partial charge < -0.3 is 5.32 Å². The molecule has 0 unspecified atom stereocenters. The third kappa shape index (κ3) is 2.15. The minimum absolute atomic E-state index is 0.288. The number of hydrogen-bond acceptors (Lipinski definition) is 3. The summed E-state index contributed by atoms with van der Waals surface area (Å²) >= 11 is 6.00. The standard InChI is InChI=1S/C13H9ClN4O/c14-9-3-1-2-4-10(9)17-13(19)11-5-7-15-12-6-8-16-18(11)12/h1-8H,(H,17,19). The van der Waals surface area contributed by atoms with Crippen LogP contribution < -0.4 is 5.32 Å². The van der Waals surface area contributed by atoms with Gasteiger partial charge in [0.15, 0.2) is 5.65 Å². The van der Waals surface area contributed by atoms with Gasteiger partial charge in [-0.05, 0) is 18.2 Å². The third-order valence-corrected chi connectivity index (χ3v) is 2.97. The lowest BCUT2D eigenvalue weighted by Crippen LogP contribution is -2.16. The van der Waals surface area contributed by atoms with Gasteiger partial charge in [-0.15, -0.1) is 0 Å². The molecule has 0 bridgehead atoms. The summed E-state index contributed by atoms with van der Waals surface area (Å²) in [6.07, 6.45) is 3.16. The number of carbonyl (C=O) groups excluding carboxylic acids is 1. The second-order valence-electron chi connectivity index (χ2n) is 3.87. The predicted octanol–water partition coefficient (Wildman–Crippen LogP) is 2.64. The Bertz CT molecular complexity index is 753. The van der Waals surface area contributed by atoms with Crippen LogP contribution >= 0.6 is 11.6 Å². The first-order valence-corrected chi connectivity index (χ1v) is 5.98. The van der Waals surface area contributed by atoms with E-state index in [0.29, 0.717) is 22.1 Å². The number of nitrogens with zero attached hydrogens (tertiary/aromatic N) is 3. The molecule has 2 heterocycles. The zero-order chi connectivity index (χ0) is 13.2. The van der Waals surface area contributed by atoms with E-state index in [0.717, 1.165) is 0 Å². The Balaban J connectivity index is 1.97. The summed E-state index contributed by atoms with van der Waals surface area (Å²) in [7, 11) is 0. The van der Waals surface area contributed by atoms with Crippen molar-refractivity contribution in [1.29, 1.82) is 0 Å². The molecule has 1 amide bonds. The van der Waals surface area contributed by atoms with Crippen LogP contribution in [0.2, 0.25) is 5.02 Å². The predicted molar refractivity (Wildman–Crippen MR) is 72.4 cm³/mol. The average Bonchev–Trinajstić information content (AvgIpc) is 2.89. The molecule has 3 aromatic rings. The van der Waals surface area contributed by atoms with Gasteiger partial charge in [0.05, 0.1) is 16.9 Å². The lowest BCUT2D eigenvalue weighted by atomic mass is 10.3. The van der Waals surface area contributed by atoms with Gasteiger partial charge >= 0.3 is 0 Å². The molecule has 2 aromatic heterocycles. The van der Waals surface area contributed by atoms with Crippen molar-refractivity contribution in [1.82, 2.24) is 14.6 Å². The van der Waals surface area contributed by atoms with Crippen LogP contribution in [0.25, 0.3) is 5.65 Å². The van der Waals surface area contributed by atoms with E-state index in [2.05, 4.69) is 15.4 Å². The highest BCUT2D eigenvalue weighted by Crippen LogP contribution is 2.21.